The van der Waals surface area contributed by atoms with Crippen LogP contribution >= 0.6 is 0 Å². The molecule has 0 radical (unpaired) electrons. The Hall–Kier alpha value is -2.04. The minimum absolute atomic E-state index is 0.0216. The number of benzene rings is 1. The van der Waals surface area contributed by atoms with Gasteiger partial charge in [0.1, 0.15) is 5.75 Å². The number of amides is 2. The highest BCUT2D eigenvalue weighted by Gasteiger charge is 2.68. The van der Waals surface area contributed by atoms with Crippen molar-refractivity contribution < 1.29 is 14.3 Å². The number of likely N-dealkylation sites (tertiary alicyclic amines) is 1. The summed E-state index contributed by atoms with van der Waals surface area (Å²) in [7, 11) is 1.65. The number of nitrogens with zero attached hydrogens (tertiary/aromatic N) is 1. The fourth-order valence-corrected chi connectivity index (χ4v) is 4.28. The van der Waals surface area contributed by atoms with Crippen LogP contribution in [0.2, 0.25) is 0 Å². The molecule has 1 heterocycles. The first-order valence-corrected chi connectivity index (χ1v) is 9.38. The molecule has 2 aliphatic rings. The molecule has 3 rings (SSSR count). The fourth-order valence-electron chi connectivity index (χ4n) is 4.28. The van der Waals surface area contributed by atoms with E-state index in [9.17, 15) is 9.59 Å². The zero-order valence-corrected chi connectivity index (χ0v) is 16.5. The second-order valence-electron chi connectivity index (χ2n) is 8.72. The maximum absolute atomic E-state index is 12.6. The van der Waals surface area contributed by atoms with Crippen molar-refractivity contribution in [3.05, 3.63) is 29.8 Å². The van der Waals surface area contributed by atoms with Crippen molar-refractivity contribution in [2.45, 2.75) is 46.6 Å². The van der Waals surface area contributed by atoms with E-state index in [1.165, 1.54) is 5.56 Å². The number of rotatable bonds is 6. The summed E-state index contributed by atoms with van der Waals surface area (Å²) in [4.78, 5) is 26.7. The third kappa shape index (κ3) is 3.31. The summed E-state index contributed by atoms with van der Waals surface area (Å²) in [5, 5.41) is 3.11. The fraction of sp³-hybridized carbons (Fsp3) is 0.619. The van der Waals surface area contributed by atoms with Gasteiger partial charge in [0.2, 0.25) is 11.8 Å². The van der Waals surface area contributed by atoms with E-state index in [0.717, 1.165) is 12.2 Å². The molecule has 5 heteroatoms. The molecule has 1 aliphatic heterocycles. The van der Waals surface area contributed by atoms with Gasteiger partial charge in [-0.2, -0.15) is 0 Å². The molecular formula is C21H30N2O3. The molecule has 1 N–H and O–H groups in total. The van der Waals surface area contributed by atoms with Crippen LogP contribution in [0.4, 0.5) is 0 Å². The first-order valence-electron chi connectivity index (χ1n) is 9.38. The molecule has 5 nitrogen and oxygen atoms in total. The van der Waals surface area contributed by atoms with Gasteiger partial charge in [-0.15, -0.1) is 0 Å². The molecule has 1 aliphatic carbocycles. The Kier molecular flexibility index (Phi) is 4.76. The molecule has 2 amide bonds. The van der Waals surface area contributed by atoms with E-state index < -0.39 is 0 Å². The third-order valence-corrected chi connectivity index (χ3v) is 6.67. The Morgan fingerprint density at radius 1 is 1.19 bits per heavy atom. The Bertz CT molecular complexity index is 680. The van der Waals surface area contributed by atoms with E-state index in [4.69, 9.17) is 4.74 Å². The van der Waals surface area contributed by atoms with Crippen LogP contribution in [0.15, 0.2) is 24.3 Å². The van der Waals surface area contributed by atoms with Gasteiger partial charge in [-0.25, -0.2) is 0 Å². The lowest BCUT2D eigenvalue weighted by Gasteiger charge is -2.17. The highest BCUT2D eigenvalue weighted by atomic mass is 16.5. The summed E-state index contributed by atoms with van der Waals surface area (Å²) in [6, 6.07) is 7.84. The van der Waals surface area contributed by atoms with Gasteiger partial charge in [0.05, 0.1) is 13.2 Å². The van der Waals surface area contributed by atoms with Crippen molar-refractivity contribution in [1.29, 1.82) is 0 Å². The van der Waals surface area contributed by atoms with Crippen LogP contribution in [0.5, 0.6) is 5.75 Å². The summed E-state index contributed by atoms with van der Waals surface area (Å²) in [5.74, 6) is 1.08. The molecule has 142 valence electrons. The van der Waals surface area contributed by atoms with Crippen LogP contribution in [0.25, 0.3) is 0 Å². The SMILES string of the molecule is COc1ccc(CCN2C[C@@H](NC(=O)C3C(C)(C)C3(C)C)CC2=O)cc1. The highest BCUT2D eigenvalue weighted by molar-refractivity contribution is 5.86. The van der Waals surface area contributed by atoms with Gasteiger partial charge < -0.3 is 15.0 Å². The minimum Gasteiger partial charge on any atom is -0.497 e. The van der Waals surface area contributed by atoms with E-state index in [2.05, 4.69) is 33.0 Å². The molecule has 1 atom stereocenters. The monoisotopic (exact) mass is 358 g/mol. The first-order chi connectivity index (χ1) is 12.2. The minimum atomic E-state index is -0.0712. The largest absolute Gasteiger partial charge is 0.497 e. The van der Waals surface area contributed by atoms with E-state index in [1.54, 1.807) is 7.11 Å². The Morgan fingerprint density at radius 2 is 1.81 bits per heavy atom. The molecule has 1 saturated heterocycles. The lowest BCUT2D eigenvalue weighted by Crippen LogP contribution is -2.39. The molecule has 0 aromatic heterocycles. The van der Waals surface area contributed by atoms with Gasteiger partial charge in [0.15, 0.2) is 0 Å². The Balaban J connectivity index is 1.50. The number of nitrogens with one attached hydrogen (secondary N) is 1. The molecule has 1 aromatic rings. The molecule has 26 heavy (non-hydrogen) atoms. The van der Waals surface area contributed by atoms with Crippen LogP contribution in [0, 0.1) is 16.7 Å². The lowest BCUT2D eigenvalue weighted by molar-refractivity contribution is -0.127. The quantitative estimate of drug-likeness (QED) is 0.850. The average molecular weight is 358 g/mol. The number of carbonyl (C=O) groups excluding carboxylic acids is 2. The van der Waals surface area contributed by atoms with Crippen molar-refractivity contribution in [2.75, 3.05) is 20.2 Å². The average Bonchev–Trinajstić information content (AvgIpc) is 2.82. The van der Waals surface area contributed by atoms with Crippen LogP contribution < -0.4 is 10.1 Å². The number of methoxy groups -OCH3 is 1. The second-order valence-corrected chi connectivity index (χ2v) is 8.72. The summed E-state index contributed by atoms with van der Waals surface area (Å²) in [5.41, 5.74) is 1.22. The van der Waals surface area contributed by atoms with E-state index >= 15 is 0 Å². The molecular weight excluding hydrogens is 328 g/mol. The number of carbonyl (C=O) groups is 2. The van der Waals surface area contributed by atoms with Crippen molar-refractivity contribution >= 4 is 11.8 Å². The molecule has 1 saturated carbocycles. The molecule has 0 spiro atoms. The van der Waals surface area contributed by atoms with Crippen LogP contribution in [-0.2, 0) is 16.0 Å². The van der Waals surface area contributed by atoms with Crippen LogP contribution in [0.1, 0.15) is 39.7 Å². The number of hydrogen-bond donors (Lipinski definition) is 1. The van der Waals surface area contributed by atoms with E-state index in [0.29, 0.717) is 19.5 Å². The maximum Gasteiger partial charge on any atom is 0.224 e. The van der Waals surface area contributed by atoms with Gasteiger partial charge in [-0.1, -0.05) is 39.8 Å². The van der Waals surface area contributed by atoms with Gasteiger partial charge in [0, 0.05) is 25.4 Å². The molecule has 1 aromatic carbocycles. The van der Waals surface area contributed by atoms with Crippen molar-refractivity contribution in [2.24, 2.45) is 16.7 Å². The number of ether oxygens (including phenoxy) is 1. The predicted octanol–water partition coefficient (Wildman–Crippen LogP) is 2.64. The Labute approximate surface area is 156 Å². The molecule has 0 unspecified atom stereocenters. The number of hydrogen-bond acceptors (Lipinski definition) is 3. The molecule has 2 fully saturated rings. The summed E-state index contributed by atoms with van der Waals surface area (Å²) < 4.78 is 5.16. The maximum atomic E-state index is 12.6. The smallest absolute Gasteiger partial charge is 0.224 e. The van der Waals surface area contributed by atoms with Crippen LogP contribution in [-0.4, -0.2) is 43.0 Å². The van der Waals surface area contributed by atoms with Crippen molar-refractivity contribution in [1.82, 2.24) is 10.2 Å². The Morgan fingerprint density at radius 3 is 2.35 bits per heavy atom. The summed E-state index contributed by atoms with van der Waals surface area (Å²) in [6.45, 7) is 9.83. The molecule has 0 bridgehead atoms. The summed E-state index contributed by atoms with van der Waals surface area (Å²) in [6.07, 6.45) is 1.21. The standard InChI is InChI=1S/C21H30N2O3/c1-20(2)18(21(20,3)4)19(25)22-15-12-17(24)23(13-15)11-10-14-6-8-16(26-5)9-7-14/h6-9,15,18H,10-13H2,1-5H3,(H,22,25)/t15-/m0/s1. The first kappa shape index (κ1) is 18.7. The van der Waals surface area contributed by atoms with Gasteiger partial charge in [-0.3, -0.25) is 9.59 Å². The lowest BCUT2D eigenvalue weighted by atomic mass is 10.0. The van der Waals surface area contributed by atoms with E-state index in [-0.39, 0.29) is 34.6 Å². The predicted molar refractivity (Wildman–Crippen MR) is 101 cm³/mol. The third-order valence-electron chi connectivity index (χ3n) is 6.67. The van der Waals surface area contributed by atoms with Crippen molar-refractivity contribution in [3.63, 3.8) is 0 Å². The topological polar surface area (TPSA) is 58.6 Å². The zero-order valence-electron chi connectivity index (χ0n) is 16.5. The van der Waals surface area contributed by atoms with Gasteiger partial charge in [-0.05, 0) is 34.9 Å². The van der Waals surface area contributed by atoms with Crippen LogP contribution in [0.3, 0.4) is 0 Å². The van der Waals surface area contributed by atoms with Gasteiger partial charge in [0.25, 0.3) is 0 Å². The highest BCUT2D eigenvalue weighted by Crippen LogP contribution is 2.68. The zero-order chi connectivity index (χ0) is 19.1. The summed E-state index contributed by atoms with van der Waals surface area (Å²) >= 11 is 0. The van der Waals surface area contributed by atoms with E-state index in [1.807, 2.05) is 29.2 Å². The normalized spacial score (nSPS) is 23.8. The van der Waals surface area contributed by atoms with Crippen molar-refractivity contribution in [3.8, 4) is 5.75 Å². The van der Waals surface area contributed by atoms with Gasteiger partial charge >= 0.3 is 0 Å². The second kappa shape index (κ2) is 6.60.